The molecule has 0 saturated heterocycles. The van der Waals surface area contributed by atoms with Gasteiger partial charge in [-0.25, -0.2) is 0 Å². The zero-order valence-corrected chi connectivity index (χ0v) is 9.53. The topological polar surface area (TPSA) is 46.3 Å². The molecule has 15 heavy (non-hydrogen) atoms. The van der Waals surface area contributed by atoms with Gasteiger partial charge in [0.15, 0.2) is 0 Å². The van der Waals surface area contributed by atoms with Gasteiger partial charge in [-0.3, -0.25) is 4.79 Å². The molecule has 1 atom stereocenters. The smallest absolute Gasteiger partial charge is 0.243 e. The van der Waals surface area contributed by atoms with E-state index in [-0.39, 0.29) is 5.91 Å². The highest BCUT2D eigenvalue weighted by atomic mass is 16.2. The standard InChI is InChI=1S/C12H18N2O/c1-4-14(12(15)10(3)13)11-8-6-5-7-9(11)2/h5-8,10H,4,13H2,1-3H3/t10-/m0/s1. The molecule has 0 saturated carbocycles. The Labute approximate surface area is 90.9 Å². The second-order valence-corrected chi connectivity index (χ2v) is 3.66. The van der Waals surface area contributed by atoms with Gasteiger partial charge in [0.1, 0.15) is 0 Å². The molecule has 0 unspecified atom stereocenters. The van der Waals surface area contributed by atoms with E-state index < -0.39 is 6.04 Å². The number of anilines is 1. The monoisotopic (exact) mass is 206 g/mol. The Kier molecular flexibility index (Phi) is 3.86. The molecule has 0 aliphatic rings. The molecule has 0 aliphatic heterocycles. The molecule has 0 heterocycles. The molecule has 3 nitrogen and oxygen atoms in total. The van der Waals surface area contributed by atoms with Crippen LogP contribution in [-0.2, 0) is 4.79 Å². The third-order valence-corrected chi connectivity index (χ3v) is 2.38. The van der Waals surface area contributed by atoms with Crippen molar-refractivity contribution in [2.24, 2.45) is 5.73 Å². The van der Waals surface area contributed by atoms with Gasteiger partial charge in [0, 0.05) is 12.2 Å². The molecule has 1 rings (SSSR count). The van der Waals surface area contributed by atoms with Gasteiger partial charge >= 0.3 is 0 Å². The maximum Gasteiger partial charge on any atom is 0.243 e. The van der Waals surface area contributed by atoms with Gasteiger partial charge in [-0.15, -0.1) is 0 Å². The molecule has 0 spiro atoms. The van der Waals surface area contributed by atoms with Crippen molar-refractivity contribution in [3.63, 3.8) is 0 Å². The highest BCUT2D eigenvalue weighted by Crippen LogP contribution is 2.19. The average Bonchev–Trinajstić information content (AvgIpc) is 2.21. The van der Waals surface area contributed by atoms with Crippen molar-refractivity contribution in [1.29, 1.82) is 0 Å². The predicted molar refractivity (Wildman–Crippen MR) is 62.9 cm³/mol. The normalized spacial score (nSPS) is 12.3. The van der Waals surface area contributed by atoms with Gasteiger partial charge in [-0.05, 0) is 32.4 Å². The number of amides is 1. The first kappa shape index (κ1) is 11.7. The number of likely N-dealkylation sites (N-methyl/N-ethyl adjacent to an activating group) is 1. The number of carbonyl (C=O) groups excluding carboxylic acids is 1. The van der Waals surface area contributed by atoms with Crippen LogP contribution in [0.2, 0.25) is 0 Å². The first-order valence-corrected chi connectivity index (χ1v) is 5.20. The van der Waals surface area contributed by atoms with Gasteiger partial charge < -0.3 is 10.6 Å². The van der Waals surface area contributed by atoms with Crippen molar-refractivity contribution in [1.82, 2.24) is 0 Å². The summed E-state index contributed by atoms with van der Waals surface area (Å²) in [6.45, 7) is 6.30. The molecule has 0 fully saturated rings. The maximum atomic E-state index is 11.8. The molecule has 1 amide bonds. The minimum atomic E-state index is -0.454. The summed E-state index contributed by atoms with van der Waals surface area (Å²) in [6.07, 6.45) is 0. The van der Waals surface area contributed by atoms with Gasteiger partial charge in [0.05, 0.1) is 6.04 Å². The zero-order valence-electron chi connectivity index (χ0n) is 9.53. The van der Waals surface area contributed by atoms with Crippen molar-refractivity contribution in [2.45, 2.75) is 26.8 Å². The fourth-order valence-electron chi connectivity index (χ4n) is 1.56. The average molecular weight is 206 g/mol. The fraction of sp³-hybridized carbons (Fsp3) is 0.417. The van der Waals surface area contributed by atoms with E-state index >= 15 is 0 Å². The van der Waals surface area contributed by atoms with E-state index in [0.717, 1.165) is 11.3 Å². The SMILES string of the molecule is CCN(C(=O)[C@H](C)N)c1ccccc1C. The highest BCUT2D eigenvalue weighted by Gasteiger charge is 2.18. The molecular weight excluding hydrogens is 188 g/mol. The Hall–Kier alpha value is -1.35. The number of para-hydroxylation sites is 1. The molecule has 0 aromatic heterocycles. The Bertz CT molecular complexity index is 347. The predicted octanol–water partition coefficient (Wildman–Crippen LogP) is 1.70. The van der Waals surface area contributed by atoms with E-state index in [2.05, 4.69) is 0 Å². The Morgan fingerprint density at radius 1 is 1.47 bits per heavy atom. The van der Waals surface area contributed by atoms with Gasteiger partial charge in [0.25, 0.3) is 0 Å². The quantitative estimate of drug-likeness (QED) is 0.818. The van der Waals surface area contributed by atoms with Crippen molar-refractivity contribution in [3.8, 4) is 0 Å². The van der Waals surface area contributed by atoms with E-state index in [1.807, 2.05) is 38.1 Å². The van der Waals surface area contributed by atoms with Crippen molar-refractivity contribution in [2.75, 3.05) is 11.4 Å². The number of nitrogens with zero attached hydrogens (tertiary/aromatic N) is 1. The minimum Gasteiger partial charge on any atom is -0.320 e. The lowest BCUT2D eigenvalue weighted by molar-refractivity contribution is -0.119. The summed E-state index contributed by atoms with van der Waals surface area (Å²) in [7, 11) is 0. The van der Waals surface area contributed by atoms with Crippen LogP contribution in [0.3, 0.4) is 0 Å². The Balaban J connectivity index is 3.03. The Morgan fingerprint density at radius 2 is 2.07 bits per heavy atom. The minimum absolute atomic E-state index is 0.0354. The number of benzene rings is 1. The number of carbonyl (C=O) groups is 1. The maximum absolute atomic E-state index is 11.8. The summed E-state index contributed by atoms with van der Waals surface area (Å²) < 4.78 is 0. The molecule has 1 aromatic rings. The van der Waals surface area contributed by atoms with Crippen LogP contribution in [-0.4, -0.2) is 18.5 Å². The first-order chi connectivity index (χ1) is 7.07. The highest BCUT2D eigenvalue weighted by molar-refractivity contribution is 5.97. The van der Waals surface area contributed by atoms with E-state index in [4.69, 9.17) is 5.73 Å². The molecule has 0 aliphatic carbocycles. The first-order valence-electron chi connectivity index (χ1n) is 5.20. The number of hydrogen-bond donors (Lipinski definition) is 1. The molecule has 2 N–H and O–H groups in total. The van der Waals surface area contributed by atoms with Crippen molar-refractivity contribution >= 4 is 11.6 Å². The second kappa shape index (κ2) is 4.94. The van der Waals surface area contributed by atoms with E-state index in [1.165, 1.54) is 0 Å². The second-order valence-electron chi connectivity index (χ2n) is 3.66. The summed E-state index contributed by atoms with van der Waals surface area (Å²) in [4.78, 5) is 13.5. The van der Waals surface area contributed by atoms with Crippen LogP contribution in [0.25, 0.3) is 0 Å². The van der Waals surface area contributed by atoms with E-state index in [1.54, 1.807) is 11.8 Å². The zero-order chi connectivity index (χ0) is 11.4. The summed E-state index contributed by atoms with van der Waals surface area (Å²) in [5.41, 5.74) is 7.65. The van der Waals surface area contributed by atoms with Gasteiger partial charge in [0.2, 0.25) is 5.91 Å². The molecule has 0 radical (unpaired) electrons. The van der Waals surface area contributed by atoms with Crippen LogP contribution < -0.4 is 10.6 Å². The number of aryl methyl sites for hydroxylation is 1. The summed E-state index contributed by atoms with van der Waals surface area (Å²) >= 11 is 0. The largest absolute Gasteiger partial charge is 0.320 e. The van der Waals surface area contributed by atoms with E-state index in [9.17, 15) is 4.79 Å². The summed E-state index contributed by atoms with van der Waals surface area (Å²) in [5, 5.41) is 0. The van der Waals surface area contributed by atoms with Crippen LogP contribution in [0, 0.1) is 6.92 Å². The van der Waals surface area contributed by atoms with Crippen LogP contribution in [0.15, 0.2) is 24.3 Å². The Morgan fingerprint density at radius 3 is 2.53 bits per heavy atom. The van der Waals surface area contributed by atoms with Crippen LogP contribution >= 0.6 is 0 Å². The van der Waals surface area contributed by atoms with Crippen LogP contribution in [0.4, 0.5) is 5.69 Å². The van der Waals surface area contributed by atoms with Crippen molar-refractivity contribution < 1.29 is 4.79 Å². The van der Waals surface area contributed by atoms with Gasteiger partial charge in [-0.2, -0.15) is 0 Å². The van der Waals surface area contributed by atoms with E-state index in [0.29, 0.717) is 6.54 Å². The molecular formula is C12H18N2O. The van der Waals surface area contributed by atoms with Crippen LogP contribution in [0.1, 0.15) is 19.4 Å². The van der Waals surface area contributed by atoms with Crippen LogP contribution in [0.5, 0.6) is 0 Å². The summed E-state index contributed by atoms with van der Waals surface area (Å²) in [6, 6.07) is 7.37. The molecule has 1 aromatic carbocycles. The number of nitrogens with two attached hydrogens (primary N) is 1. The lowest BCUT2D eigenvalue weighted by Crippen LogP contribution is -2.42. The van der Waals surface area contributed by atoms with Gasteiger partial charge in [-0.1, -0.05) is 18.2 Å². The molecule has 82 valence electrons. The lowest BCUT2D eigenvalue weighted by Gasteiger charge is -2.24. The third-order valence-electron chi connectivity index (χ3n) is 2.38. The lowest BCUT2D eigenvalue weighted by atomic mass is 10.1. The van der Waals surface area contributed by atoms with Crippen molar-refractivity contribution in [3.05, 3.63) is 29.8 Å². The third kappa shape index (κ3) is 2.57. The fourth-order valence-corrected chi connectivity index (χ4v) is 1.56. The molecule has 3 heteroatoms. The number of hydrogen-bond acceptors (Lipinski definition) is 2. The molecule has 0 bridgehead atoms. The number of rotatable bonds is 3. The summed E-state index contributed by atoms with van der Waals surface area (Å²) in [5.74, 6) is -0.0354.